The molecule has 3 N–H and O–H groups in total. The van der Waals surface area contributed by atoms with E-state index in [1.54, 1.807) is 0 Å². The highest BCUT2D eigenvalue weighted by Gasteiger charge is 2.58. The van der Waals surface area contributed by atoms with Gasteiger partial charge in [-0.05, 0) is 58.0 Å². The second-order valence-corrected chi connectivity index (χ2v) is 7.67. The first-order valence-corrected chi connectivity index (χ1v) is 9.53. The van der Waals surface area contributed by atoms with Crippen molar-refractivity contribution in [2.45, 2.75) is 58.2 Å². The number of carbonyl (C=O) groups is 1. The maximum absolute atomic E-state index is 12.0. The molecule has 2 heterocycles. The van der Waals surface area contributed by atoms with Crippen LogP contribution in [0.25, 0.3) is 0 Å². The number of nitrogens with zero attached hydrogens (tertiary/aromatic N) is 2. The van der Waals surface area contributed by atoms with Gasteiger partial charge < -0.3 is 25.8 Å². The Hall–Kier alpha value is -0.990. The van der Waals surface area contributed by atoms with Crippen molar-refractivity contribution in [3.05, 3.63) is 0 Å². The van der Waals surface area contributed by atoms with E-state index in [-0.39, 0.29) is 18.0 Å². The Balaban J connectivity index is 2.52. The number of rotatable bonds is 5. The number of thiocarbonyl (C=S) groups is 2. The van der Waals surface area contributed by atoms with Gasteiger partial charge in [0.25, 0.3) is 0 Å². The van der Waals surface area contributed by atoms with Gasteiger partial charge in [0.05, 0.1) is 5.54 Å². The third-order valence-corrected chi connectivity index (χ3v) is 5.73. The van der Waals surface area contributed by atoms with E-state index in [4.69, 9.17) is 24.4 Å². The summed E-state index contributed by atoms with van der Waals surface area (Å²) in [6.07, 6.45) is 2.98. The molecule has 136 valence electrons. The summed E-state index contributed by atoms with van der Waals surface area (Å²) in [5.74, 6) is -0.0495. The molecule has 0 radical (unpaired) electrons. The van der Waals surface area contributed by atoms with Crippen LogP contribution < -0.4 is 16.0 Å². The predicted molar refractivity (Wildman–Crippen MR) is 105 cm³/mol. The fourth-order valence-corrected chi connectivity index (χ4v) is 4.61. The number of unbranched alkanes of at least 4 members (excludes halogenated alkanes) is 1. The maximum Gasteiger partial charge on any atom is 0.245 e. The Morgan fingerprint density at radius 2 is 2.08 bits per heavy atom. The number of nitrogens with one attached hydrogen (secondary N) is 3. The third kappa shape index (κ3) is 3.23. The van der Waals surface area contributed by atoms with Gasteiger partial charge in [-0.3, -0.25) is 4.79 Å². The zero-order valence-corrected chi connectivity index (χ0v) is 16.7. The zero-order chi connectivity index (χ0) is 18.0. The van der Waals surface area contributed by atoms with Crippen molar-refractivity contribution in [3.63, 3.8) is 0 Å². The smallest absolute Gasteiger partial charge is 0.245 e. The first-order valence-electron chi connectivity index (χ1n) is 8.72. The summed E-state index contributed by atoms with van der Waals surface area (Å²) in [5.41, 5.74) is -0.757. The second-order valence-electron chi connectivity index (χ2n) is 6.90. The normalized spacial score (nSPS) is 26.5. The maximum atomic E-state index is 12.0. The fraction of sp³-hybridized carbons (Fsp3) is 0.812. The summed E-state index contributed by atoms with van der Waals surface area (Å²) < 4.78 is 0. The SMILES string of the molecule is CCCCC1(N2CC(=O)NC2=S)N(C(=S)NCC)CCNC1(C)C. The highest BCUT2D eigenvalue weighted by Crippen LogP contribution is 2.40. The van der Waals surface area contributed by atoms with Gasteiger partial charge in [-0.15, -0.1) is 0 Å². The van der Waals surface area contributed by atoms with Gasteiger partial charge in [-0.2, -0.15) is 0 Å². The van der Waals surface area contributed by atoms with Gasteiger partial charge in [0, 0.05) is 19.6 Å². The van der Waals surface area contributed by atoms with E-state index in [9.17, 15) is 4.79 Å². The lowest BCUT2D eigenvalue weighted by Gasteiger charge is -2.61. The first-order chi connectivity index (χ1) is 11.3. The quantitative estimate of drug-likeness (QED) is 0.627. The summed E-state index contributed by atoms with van der Waals surface area (Å²) in [6.45, 7) is 11.2. The second kappa shape index (κ2) is 7.49. The van der Waals surface area contributed by atoms with Crippen molar-refractivity contribution in [1.29, 1.82) is 0 Å². The van der Waals surface area contributed by atoms with E-state index in [1.807, 2.05) is 11.8 Å². The molecule has 0 aliphatic carbocycles. The minimum absolute atomic E-state index is 0.0495. The van der Waals surface area contributed by atoms with Crippen molar-refractivity contribution < 1.29 is 4.79 Å². The lowest BCUT2D eigenvalue weighted by molar-refractivity contribution is -0.122. The van der Waals surface area contributed by atoms with Crippen LogP contribution in [0.5, 0.6) is 0 Å². The Morgan fingerprint density at radius 1 is 1.38 bits per heavy atom. The lowest BCUT2D eigenvalue weighted by Crippen LogP contribution is -2.80. The minimum Gasteiger partial charge on any atom is -0.363 e. The molecule has 24 heavy (non-hydrogen) atoms. The van der Waals surface area contributed by atoms with Crippen LogP contribution in [0.4, 0.5) is 0 Å². The topological polar surface area (TPSA) is 59.6 Å². The van der Waals surface area contributed by atoms with E-state index in [2.05, 4.69) is 41.6 Å². The van der Waals surface area contributed by atoms with Crippen molar-refractivity contribution >= 4 is 40.6 Å². The molecule has 2 saturated heterocycles. The zero-order valence-electron chi connectivity index (χ0n) is 15.1. The van der Waals surface area contributed by atoms with Crippen LogP contribution in [0.2, 0.25) is 0 Å². The Bertz CT molecular complexity index is 525. The van der Waals surface area contributed by atoms with E-state index in [0.717, 1.165) is 44.0 Å². The average Bonchev–Trinajstić information content (AvgIpc) is 2.84. The van der Waals surface area contributed by atoms with Gasteiger partial charge >= 0.3 is 0 Å². The molecule has 2 rings (SSSR count). The molecule has 0 saturated carbocycles. The minimum atomic E-state index is -0.475. The predicted octanol–water partition coefficient (Wildman–Crippen LogP) is 1.17. The number of carbonyl (C=O) groups excluding carboxylic acids is 1. The van der Waals surface area contributed by atoms with E-state index >= 15 is 0 Å². The summed E-state index contributed by atoms with van der Waals surface area (Å²) in [7, 11) is 0. The molecule has 1 amide bonds. The van der Waals surface area contributed by atoms with Crippen LogP contribution in [-0.2, 0) is 4.79 Å². The summed E-state index contributed by atoms with van der Waals surface area (Å²) in [6, 6.07) is 0. The first kappa shape index (κ1) is 19.3. The van der Waals surface area contributed by atoms with Crippen molar-refractivity contribution in [1.82, 2.24) is 25.8 Å². The summed E-state index contributed by atoms with van der Waals surface area (Å²) in [4.78, 5) is 16.3. The number of hydrogen-bond acceptors (Lipinski definition) is 4. The molecule has 2 aliphatic rings. The van der Waals surface area contributed by atoms with Gasteiger partial charge in [0.2, 0.25) is 5.91 Å². The molecule has 6 nitrogen and oxygen atoms in total. The molecular formula is C16H29N5OS2. The molecule has 2 aliphatic heterocycles. The molecule has 1 atom stereocenters. The van der Waals surface area contributed by atoms with Crippen molar-refractivity contribution in [2.75, 3.05) is 26.2 Å². The molecular weight excluding hydrogens is 342 g/mol. The van der Waals surface area contributed by atoms with Crippen LogP contribution in [-0.4, -0.2) is 63.3 Å². The van der Waals surface area contributed by atoms with Crippen LogP contribution in [0.15, 0.2) is 0 Å². The van der Waals surface area contributed by atoms with Gasteiger partial charge in [0.15, 0.2) is 10.2 Å². The molecule has 0 aromatic heterocycles. The van der Waals surface area contributed by atoms with Gasteiger partial charge in [-0.1, -0.05) is 13.3 Å². The molecule has 1 unspecified atom stereocenters. The van der Waals surface area contributed by atoms with Gasteiger partial charge in [0.1, 0.15) is 12.2 Å². The third-order valence-electron chi connectivity index (χ3n) is 5.04. The largest absolute Gasteiger partial charge is 0.363 e. The van der Waals surface area contributed by atoms with Crippen molar-refractivity contribution in [2.24, 2.45) is 0 Å². The average molecular weight is 372 g/mol. The number of amides is 1. The van der Waals surface area contributed by atoms with E-state index in [0.29, 0.717) is 5.11 Å². The Kier molecular flexibility index (Phi) is 6.04. The van der Waals surface area contributed by atoms with Crippen LogP contribution >= 0.6 is 24.4 Å². The molecule has 2 fully saturated rings. The Morgan fingerprint density at radius 3 is 2.62 bits per heavy atom. The Labute approximate surface area is 155 Å². The highest BCUT2D eigenvalue weighted by atomic mass is 32.1. The van der Waals surface area contributed by atoms with Crippen molar-refractivity contribution in [3.8, 4) is 0 Å². The molecule has 0 bridgehead atoms. The summed E-state index contributed by atoms with van der Waals surface area (Å²) in [5, 5.41) is 10.9. The number of piperazine rings is 1. The van der Waals surface area contributed by atoms with Gasteiger partial charge in [-0.25, -0.2) is 0 Å². The molecule has 8 heteroatoms. The van der Waals surface area contributed by atoms with Crippen LogP contribution in [0.3, 0.4) is 0 Å². The molecule has 0 aromatic carbocycles. The fourth-order valence-electron chi connectivity index (χ4n) is 3.89. The molecule has 0 spiro atoms. The standard InChI is InChI=1S/C16H29N5OS2/c1-5-7-8-16(21-11-12(22)19-14(21)24)15(3,4)18-9-10-20(16)13(23)17-6-2/h18H,5-11H2,1-4H3,(H,17,23)(H,19,22,24). The van der Waals surface area contributed by atoms with E-state index < -0.39 is 5.66 Å². The van der Waals surface area contributed by atoms with Crippen LogP contribution in [0.1, 0.15) is 47.0 Å². The highest BCUT2D eigenvalue weighted by molar-refractivity contribution is 7.80. The lowest BCUT2D eigenvalue weighted by atomic mass is 9.78. The monoisotopic (exact) mass is 371 g/mol. The number of hydrogen-bond donors (Lipinski definition) is 3. The van der Waals surface area contributed by atoms with Crippen LogP contribution in [0, 0.1) is 0 Å². The molecule has 0 aromatic rings. The van der Waals surface area contributed by atoms with E-state index in [1.165, 1.54) is 0 Å². The summed E-state index contributed by atoms with van der Waals surface area (Å²) >= 11 is 11.2.